The Bertz CT molecular complexity index is 949. The van der Waals surface area contributed by atoms with Crippen molar-refractivity contribution in [3.8, 4) is 16.2 Å². The number of halogens is 2. The molecule has 3 rings (SSSR count). The number of hydrogen-bond acceptors (Lipinski definition) is 3. The summed E-state index contributed by atoms with van der Waals surface area (Å²) >= 11 is 13.4. The van der Waals surface area contributed by atoms with Gasteiger partial charge in [0.25, 0.3) is 0 Å². The van der Waals surface area contributed by atoms with E-state index in [0.29, 0.717) is 15.7 Å². The maximum absolute atomic E-state index is 12.0. The van der Waals surface area contributed by atoms with Crippen molar-refractivity contribution in [1.29, 1.82) is 0 Å². The van der Waals surface area contributed by atoms with E-state index >= 15 is 0 Å². The van der Waals surface area contributed by atoms with Gasteiger partial charge in [-0.25, -0.2) is 0 Å². The van der Waals surface area contributed by atoms with Crippen LogP contribution in [-0.2, 0) is 4.79 Å². The first-order valence-corrected chi connectivity index (χ1v) is 9.31. The van der Waals surface area contributed by atoms with Crippen molar-refractivity contribution in [2.24, 2.45) is 0 Å². The van der Waals surface area contributed by atoms with Crippen LogP contribution < -0.4 is 10.1 Å². The van der Waals surface area contributed by atoms with Gasteiger partial charge in [0.15, 0.2) is 0 Å². The van der Waals surface area contributed by atoms with Crippen LogP contribution in [0.5, 0.6) is 5.75 Å². The molecule has 1 N–H and O–H groups in total. The van der Waals surface area contributed by atoms with Gasteiger partial charge in [-0.05, 0) is 66.2 Å². The van der Waals surface area contributed by atoms with Gasteiger partial charge in [0.2, 0.25) is 5.91 Å². The summed E-state index contributed by atoms with van der Waals surface area (Å²) in [5.74, 6) is 0.590. The van der Waals surface area contributed by atoms with Crippen LogP contribution in [0, 0.1) is 0 Å². The highest BCUT2D eigenvalue weighted by molar-refractivity contribution is 7.16. The first-order valence-electron chi connectivity index (χ1n) is 7.73. The predicted octanol–water partition coefficient (Wildman–Crippen LogP) is 6.38. The molecule has 132 valence electrons. The summed E-state index contributed by atoms with van der Waals surface area (Å²) in [6.07, 6.45) is 3.27. The quantitative estimate of drug-likeness (QED) is 0.501. The van der Waals surface area contributed by atoms with Crippen molar-refractivity contribution in [3.05, 3.63) is 75.6 Å². The van der Waals surface area contributed by atoms with Gasteiger partial charge in [-0.2, -0.15) is 0 Å². The number of methoxy groups -OCH3 is 1. The van der Waals surface area contributed by atoms with Crippen LogP contribution in [0.2, 0.25) is 10.0 Å². The number of thiophene rings is 1. The highest BCUT2D eigenvalue weighted by atomic mass is 35.5. The average molecular weight is 404 g/mol. The summed E-state index contributed by atoms with van der Waals surface area (Å²) in [6, 6.07) is 16.8. The Balaban J connectivity index is 1.65. The van der Waals surface area contributed by atoms with E-state index in [2.05, 4.69) is 5.32 Å². The fraction of sp³-hybridized carbons (Fsp3) is 0.0500. The monoisotopic (exact) mass is 403 g/mol. The molecule has 2 aromatic carbocycles. The molecule has 1 heterocycles. The Morgan fingerprint density at radius 1 is 1.04 bits per heavy atom. The van der Waals surface area contributed by atoms with Crippen LogP contribution in [0.1, 0.15) is 4.88 Å². The Kier molecular flexibility index (Phi) is 5.99. The van der Waals surface area contributed by atoms with E-state index in [4.69, 9.17) is 27.9 Å². The lowest BCUT2D eigenvalue weighted by molar-refractivity contribution is -0.111. The fourth-order valence-corrected chi connectivity index (χ4v) is 3.48. The van der Waals surface area contributed by atoms with Gasteiger partial charge >= 0.3 is 0 Å². The molecular formula is C20H15Cl2NO2S. The standard InChI is InChI=1S/C20H15Cl2NO2S/c1-25-15-5-2-13(3-6-15)19-10-7-16(26-19)8-11-20(24)23-14-4-9-17(21)18(22)12-14/h2-12H,1H3,(H,23,24)/b11-8+. The average Bonchev–Trinajstić information content (AvgIpc) is 3.12. The number of amides is 1. The van der Waals surface area contributed by atoms with E-state index in [0.717, 1.165) is 21.1 Å². The minimum absolute atomic E-state index is 0.234. The zero-order chi connectivity index (χ0) is 18.5. The third kappa shape index (κ3) is 4.67. The van der Waals surface area contributed by atoms with Gasteiger partial charge in [-0.15, -0.1) is 11.3 Å². The highest BCUT2D eigenvalue weighted by Crippen LogP contribution is 2.30. The maximum atomic E-state index is 12.0. The van der Waals surface area contributed by atoms with Crippen LogP contribution in [-0.4, -0.2) is 13.0 Å². The molecule has 0 fully saturated rings. The van der Waals surface area contributed by atoms with E-state index in [-0.39, 0.29) is 5.91 Å². The molecule has 0 aliphatic carbocycles. The maximum Gasteiger partial charge on any atom is 0.248 e. The molecule has 1 aromatic heterocycles. The topological polar surface area (TPSA) is 38.3 Å². The van der Waals surface area contributed by atoms with Gasteiger partial charge in [0, 0.05) is 21.5 Å². The van der Waals surface area contributed by atoms with Gasteiger partial charge in [0.05, 0.1) is 17.2 Å². The second-order valence-corrected chi connectivity index (χ2v) is 7.31. The lowest BCUT2D eigenvalue weighted by Gasteiger charge is -2.03. The number of carbonyl (C=O) groups excluding carboxylic acids is 1. The predicted molar refractivity (Wildman–Crippen MR) is 110 cm³/mol. The molecule has 0 saturated heterocycles. The number of nitrogens with one attached hydrogen (secondary N) is 1. The molecule has 0 radical (unpaired) electrons. The lowest BCUT2D eigenvalue weighted by Crippen LogP contribution is -2.07. The molecule has 3 aromatic rings. The molecule has 0 unspecified atom stereocenters. The number of carbonyl (C=O) groups is 1. The molecule has 3 nitrogen and oxygen atoms in total. The molecule has 26 heavy (non-hydrogen) atoms. The summed E-state index contributed by atoms with van der Waals surface area (Å²) in [6.45, 7) is 0. The van der Waals surface area contributed by atoms with Crippen molar-refractivity contribution < 1.29 is 9.53 Å². The Morgan fingerprint density at radius 3 is 2.50 bits per heavy atom. The van der Waals surface area contributed by atoms with Crippen LogP contribution >= 0.6 is 34.5 Å². The molecule has 0 saturated carbocycles. The second-order valence-electron chi connectivity index (χ2n) is 5.38. The van der Waals surface area contributed by atoms with E-state index < -0.39 is 0 Å². The molecule has 0 aliphatic rings. The minimum Gasteiger partial charge on any atom is -0.497 e. The summed E-state index contributed by atoms with van der Waals surface area (Å²) in [5.41, 5.74) is 1.70. The molecule has 6 heteroatoms. The van der Waals surface area contributed by atoms with Gasteiger partial charge < -0.3 is 10.1 Å². The molecular weight excluding hydrogens is 389 g/mol. The molecule has 0 spiro atoms. The summed E-state index contributed by atoms with van der Waals surface area (Å²) < 4.78 is 5.17. The molecule has 0 aliphatic heterocycles. The third-order valence-corrected chi connectivity index (χ3v) is 5.43. The Morgan fingerprint density at radius 2 is 1.81 bits per heavy atom. The molecule has 1 amide bonds. The SMILES string of the molecule is COc1ccc(-c2ccc(/C=C/C(=O)Nc3ccc(Cl)c(Cl)c3)s2)cc1. The summed E-state index contributed by atoms with van der Waals surface area (Å²) in [4.78, 5) is 14.2. The Labute approximate surface area is 165 Å². The smallest absolute Gasteiger partial charge is 0.248 e. The number of ether oxygens (including phenoxy) is 1. The van der Waals surface area contributed by atoms with Gasteiger partial charge in [-0.3, -0.25) is 4.79 Å². The van der Waals surface area contributed by atoms with Crippen LogP contribution in [0.4, 0.5) is 5.69 Å². The van der Waals surface area contributed by atoms with Crippen molar-refractivity contribution >= 4 is 52.2 Å². The summed E-state index contributed by atoms with van der Waals surface area (Å²) in [7, 11) is 1.64. The van der Waals surface area contributed by atoms with Crippen molar-refractivity contribution in [3.63, 3.8) is 0 Å². The zero-order valence-electron chi connectivity index (χ0n) is 13.8. The Hall–Kier alpha value is -2.27. The summed E-state index contributed by atoms with van der Waals surface area (Å²) in [5, 5.41) is 3.60. The van der Waals surface area contributed by atoms with Crippen molar-refractivity contribution in [2.75, 3.05) is 12.4 Å². The number of benzene rings is 2. The first-order chi connectivity index (χ1) is 12.5. The van der Waals surface area contributed by atoms with E-state index in [9.17, 15) is 4.79 Å². The van der Waals surface area contributed by atoms with Crippen molar-refractivity contribution in [2.45, 2.75) is 0 Å². The third-order valence-electron chi connectivity index (χ3n) is 3.59. The lowest BCUT2D eigenvalue weighted by atomic mass is 10.2. The number of anilines is 1. The van der Waals surface area contributed by atoms with E-state index in [1.54, 1.807) is 42.7 Å². The van der Waals surface area contributed by atoms with Gasteiger partial charge in [-0.1, -0.05) is 23.2 Å². The van der Waals surface area contributed by atoms with E-state index in [1.165, 1.54) is 6.08 Å². The van der Waals surface area contributed by atoms with E-state index in [1.807, 2.05) is 36.4 Å². The normalized spacial score (nSPS) is 10.9. The fourth-order valence-electron chi connectivity index (χ4n) is 2.27. The van der Waals surface area contributed by atoms with Crippen molar-refractivity contribution in [1.82, 2.24) is 0 Å². The first kappa shape index (κ1) is 18.5. The van der Waals surface area contributed by atoms with Crippen LogP contribution in [0.3, 0.4) is 0 Å². The highest BCUT2D eigenvalue weighted by Gasteiger charge is 2.04. The van der Waals surface area contributed by atoms with Crippen LogP contribution in [0.25, 0.3) is 16.5 Å². The van der Waals surface area contributed by atoms with Gasteiger partial charge in [0.1, 0.15) is 5.75 Å². The zero-order valence-corrected chi connectivity index (χ0v) is 16.2. The van der Waals surface area contributed by atoms with Crippen LogP contribution in [0.15, 0.2) is 60.7 Å². The largest absolute Gasteiger partial charge is 0.497 e. The molecule has 0 atom stereocenters. The second kappa shape index (κ2) is 8.41. The minimum atomic E-state index is -0.234. The number of hydrogen-bond donors (Lipinski definition) is 1. The number of rotatable bonds is 5. The molecule has 0 bridgehead atoms.